The molecule has 0 unspecified atom stereocenters. The molecule has 0 atom stereocenters. The van der Waals surface area contributed by atoms with E-state index in [4.69, 9.17) is 9.84 Å². The number of benzene rings is 1. The highest BCUT2D eigenvalue weighted by molar-refractivity contribution is 9.10. The first-order valence-electron chi connectivity index (χ1n) is 4.64. The fourth-order valence-corrected chi connectivity index (χ4v) is 1.40. The number of carboxylic acids is 1. The molecule has 1 N–H and O–H groups in total. The molecular weight excluding hydrogens is 288 g/mol. The summed E-state index contributed by atoms with van der Waals surface area (Å²) < 4.78 is 6.32. The first-order chi connectivity index (χ1) is 8.15. The van der Waals surface area contributed by atoms with Gasteiger partial charge in [0.1, 0.15) is 12.1 Å². The Balaban J connectivity index is 2.21. The number of aromatic carboxylic acids is 1. The number of rotatable bonds is 3. The molecule has 1 heterocycles. The van der Waals surface area contributed by atoms with E-state index in [0.717, 1.165) is 10.8 Å². The van der Waals surface area contributed by atoms with Crippen molar-refractivity contribution in [1.29, 1.82) is 0 Å². The molecule has 1 aromatic heterocycles. The monoisotopic (exact) mass is 294 g/mol. The van der Waals surface area contributed by atoms with Crippen molar-refractivity contribution in [2.75, 3.05) is 0 Å². The van der Waals surface area contributed by atoms with E-state index in [1.54, 1.807) is 12.1 Å². The number of carboxylic acid groups (broad SMARTS) is 1. The summed E-state index contributed by atoms with van der Waals surface area (Å²) in [7, 11) is 0. The van der Waals surface area contributed by atoms with Crippen LogP contribution in [0.25, 0.3) is 0 Å². The van der Waals surface area contributed by atoms with Gasteiger partial charge in [-0.05, 0) is 24.3 Å². The van der Waals surface area contributed by atoms with Gasteiger partial charge in [-0.15, -0.1) is 0 Å². The minimum atomic E-state index is -1.12. The molecule has 0 aliphatic heterocycles. The number of carbonyl (C=O) groups is 1. The molecule has 0 amide bonds. The third kappa shape index (κ3) is 3.01. The Morgan fingerprint density at radius 2 is 1.94 bits per heavy atom. The molecule has 0 aliphatic carbocycles. The molecule has 6 heteroatoms. The highest BCUT2D eigenvalue weighted by Gasteiger charge is 2.07. The Morgan fingerprint density at radius 3 is 2.59 bits per heavy atom. The van der Waals surface area contributed by atoms with Gasteiger partial charge in [0.15, 0.2) is 5.69 Å². The smallest absolute Gasteiger partial charge is 0.354 e. The van der Waals surface area contributed by atoms with E-state index >= 15 is 0 Å². The van der Waals surface area contributed by atoms with Crippen LogP contribution in [0.4, 0.5) is 0 Å². The van der Waals surface area contributed by atoms with Gasteiger partial charge < -0.3 is 9.84 Å². The van der Waals surface area contributed by atoms with Crippen molar-refractivity contribution in [3.8, 4) is 11.6 Å². The topological polar surface area (TPSA) is 72.3 Å². The third-order valence-corrected chi connectivity index (χ3v) is 2.43. The van der Waals surface area contributed by atoms with Gasteiger partial charge in [-0.2, -0.15) is 0 Å². The van der Waals surface area contributed by atoms with Crippen molar-refractivity contribution in [2.45, 2.75) is 0 Å². The van der Waals surface area contributed by atoms with Crippen LogP contribution < -0.4 is 4.74 Å². The summed E-state index contributed by atoms with van der Waals surface area (Å²) in [5, 5.41) is 8.76. The van der Waals surface area contributed by atoms with E-state index in [-0.39, 0.29) is 11.6 Å². The van der Waals surface area contributed by atoms with E-state index in [1.165, 1.54) is 6.07 Å². The summed E-state index contributed by atoms with van der Waals surface area (Å²) in [5.41, 5.74) is -0.105. The third-order valence-electron chi connectivity index (χ3n) is 1.90. The van der Waals surface area contributed by atoms with Gasteiger partial charge in [-0.25, -0.2) is 14.8 Å². The largest absolute Gasteiger partial charge is 0.477 e. The molecule has 17 heavy (non-hydrogen) atoms. The first kappa shape index (κ1) is 11.5. The van der Waals surface area contributed by atoms with Crippen LogP contribution in [0.2, 0.25) is 0 Å². The average Bonchev–Trinajstić information content (AvgIpc) is 2.32. The lowest BCUT2D eigenvalue weighted by Gasteiger charge is -2.04. The zero-order valence-electron chi connectivity index (χ0n) is 8.50. The Kier molecular flexibility index (Phi) is 3.34. The number of halogens is 1. The van der Waals surface area contributed by atoms with Crippen LogP contribution in [-0.2, 0) is 0 Å². The predicted octanol–water partition coefficient (Wildman–Crippen LogP) is 2.73. The Hall–Kier alpha value is -1.95. The molecule has 0 fully saturated rings. The maximum Gasteiger partial charge on any atom is 0.354 e. The molecule has 1 aromatic carbocycles. The maximum absolute atomic E-state index is 10.7. The lowest BCUT2D eigenvalue weighted by Crippen LogP contribution is -2.01. The quantitative estimate of drug-likeness (QED) is 0.942. The Labute approximate surface area is 105 Å². The minimum Gasteiger partial charge on any atom is -0.477 e. The van der Waals surface area contributed by atoms with Crippen molar-refractivity contribution in [1.82, 2.24) is 9.97 Å². The fraction of sp³-hybridized carbons (Fsp3) is 0. The van der Waals surface area contributed by atoms with Crippen LogP contribution >= 0.6 is 15.9 Å². The van der Waals surface area contributed by atoms with E-state index in [2.05, 4.69) is 25.9 Å². The lowest BCUT2D eigenvalue weighted by molar-refractivity contribution is 0.0689. The minimum absolute atomic E-state index is 0.105. The Morgan fingerprint density at radius 1 is 1.24 bits per heavy atom. The van der Waals surface area contributed by atoms with Gasteiger partial charge in [0.25, 0.3) is 0 Å². The van der Waals surface area contributed by atoms with Crippen LogP contribution in [-0.4, -0.2) is 21.0 Å². The second-order valence-electron chi connectivity index (χ2n) is 3.10. The molecule has 5 nitrogen and oxygen atoms in total. The zero-order chi connectivity index (χ0) is 12.3. The van der Waals surface area contributed by atoms with Gasteiger partial charge >= 0.3 is 5.97 Å². The SMILES string of the molecule is O=C(O)c1cc(Oc2ccc(Br)cc2)ncn1. The van der Waals surface area contributed by atoms with Crippen molar-refractivity contribution in [3.63, 3.8) is 0 Å². The number of aromatic nitrogens is 2. The van der Waals surface area contributed by atoms with Gasteiger partial charge in [-0.3, -0.25) is 0 Å². The van der Waals surface area contributed by atoms with Crippen molar-refractivity contribution in [2.24, 2.45) is 0 Å². The van der Waals surface area contributed by atoms with Crippen LogP contribution in [0, 0.1) is 0 Å². The molecule has 0 saturated carbocycles. The van der Waals surface area contributed by atoms with Gasteiger partial charge in [0, 0.05) is 10.5 Å². The molecule has 0 saturated heterocycles. The first-order valence-corrected chi connectivity index (χ1v) is 5.43. The fourth-order valence-electron chi connectivity index (χ4n) is 1.14. The van der Waals surface area contributed by atoms with Gasteiger partial charge in [-0.1, -0.05) is 15.9 Å². The average molecular weight is 295 g/mol. The second-order valence-corrected chi connectivity index (χ2v) is 4.02. The van der Waals surface area contributed by atoms with Crippen LogP contribution in [0.3, 0.4) is 0 Å². The summed E-state index contributed by atoms with van der Waals surface area (Å²) in [6, 6.07) is 8.38. The molecule has 2 aromatic rings. The molecular formula is C11H7BrN2O3. The molecule has 2 rings (SSSR count). The van der Waals surface area contributed by atoms with Crippen LogP contribution in [0.5, 0.6) is 11.6 Å². The summed E-state index contributed by atoms with van der Waals surface area (Å²) in [4.78, 5) is 18.1. The van der Waals surface area contributed by atoms with Crippen LogP contribution in [0.1, 0.15) is 10.5 Å². The van der Waals surface area contributed by atoms with Crippen molar-refractivity contribution < 1.29 is 14.6 Å². The molecule has 0 bridgehead atoms. The number of ether oxygens (including phenoxy) is 1. The number of nitrogens with zero attached hydrogens (tertiary/aromatic N) is 2. The summed E-state index contributed by atoms with van der Waals surface area (Å²) in [5.74, 6) is -0.351. The predicted molar refractivity (Wildman–Crippen MR) is 63.2 cm³/mol. The second kappa shape index (κ2) is 4.92. The normalized spacial score (nSPS) is 9.94. The van der Waals surface area contributed by atoms with E-state index in [9.17, 15) is 4.79 Å². The number of hydrogen-bond acceptors (Lipinski definition) is 4. The van der Waals surface area contributed by atoms with Crippen LogP contribution in [0.15, 0.2) is 41.1 Å². The maximum atomic E-state index is 10.7. The summed E-state index contributed by atoms with van der Waals surface area (Å²) in [6.07, 6.45) is 1.15. The summed E-state index contributed by atoms with van der Waals surface area (Å²) >= 11 is 3.30. The van der Waals surface area contributed by atoms with E-state index < -0.39 is 5.97 Å². The lowest BCUT2D eigenvalue weighted by atomic mass is 10.3. The molecule has 86 valence electrons. The van der Waals surface area contributed by atoms with Crippen molar-refractivity contribution in [3.05, 3.63) is 46.8 Å². The highest BCUT2D eigenvalue weighted by atomic mass is 79.9. The van der Waals surface area contributed by atoms with E-state index in [0.29, 0.717) is 5.75 Å². The zero-order valence-corrected chi connectivity index (χ0v) is 10.1. The highest BCUT2D eigenvalue weighted by Crippen LogP contribution is 2.21. The Bertz CT molecular complexity index is 543. The molecule has 0 radical (unpaired) electrons. The molecule has 0 spiro atoms. The van der Waals surface area contributed by atoms with Gasteiger partial charge in [0.2, 0.25) is 5.88 Å². The molecule has 0 aliphatic rings. The standard InChI is InChI=1S/C11H7BrN2O3/c12-7-1-3-8(4-2-7)17-10-5-9(11(15)16)13-6-14-10/h1-6H,(H,15,16). The number of hydrogen-bond donors (Lipinski definition) is 1. The van der Waals surface area contributed by atoms with E-state index in [1.807, 2.05) is 12.1 Å². The summed E-state index contributed by atoms with van der Waals surface area (Å²) in [6.45, 7) is 0. The van der Waals surface area contributed by atoms with Gasteiger partial charge in [0.05, 0.1) is 0 Å². The van der Waals surface area contributed by atoms with Crippen molar-refractivity contribution >= 4 is 21.9 Å².